The standard InChI is InChI=1S/C24H36FN7O2/c1-16(25)15-33-22-12-13-28-24(30-22)31(3)14-20(32(4)27)23(26)19-10-11-21(17(2)29-19)34-18-8-6-5-7-9-18/h10-13,16,18H,5-9,14-15,26-27H2,1-4H3/b23-20-. The molecular formula is C24H36FN7O2. The molecule has 2 heterocycles. The Bertz CT molecular complexity index is 978. The summed E-state index contributed by atoms with van der Waals surface area (Å²) in [5, 5.41) is 1.46. The molecular weight excluding hydrogens is 437 g/mol. The molecule has 2 aromatic rings. The van der Waals surface area contributed by atoms with Crippen LogP contribution >= 0.6 is 0 Å². The van der Waals surface area contributed by atoms with E-state index in [-0.39, 0.29) is 12.7 Å². The number of hydrogen-bond acceptors (Lipinski definition) is 9. The number of likely N-dealkylation sites (N-methyl/N-ethyl adjacent to an activating group) is 2. The van der Waals surface area contributed by atoms with Crippen LogP contribution in [0.25, 0.3) is 5.70 Å². The Morgan fingerprint density at radius 3 is 2.56 bits per heavy atom. The van der Waals surface area contributed by atoms with Gasteiger partial charge in [-0.05, 0) is 51.7 Å². The zero-order valence-electron chi connectivity index (χ0n) is 20.5. The van der Waals surface area contributed by atoms with Crippen LogP contribution in [0.1, 0.15) is 50.4 Å². The molecule has 1 aliphatic rings. The normalized spacial score (nSPS) is 15.9. The summed E-state index contributed by atoms with van der Waals surface area (Å²) in [6.07, 6.45) is 6.58. The number of rotatable bonds is 10. The molecule has 10 heteroatoms. The van der Waals surface area contributed by atoms with Gasteiger partial charge < -0.3 is 25.1 Å². The van der Waals surface area contributed by atoms with Crippen molar-refractivity contribution in [1.29, 1.82) is 0 Å². The number of nitrogens with zero attached hydrogens (tertiary/aromatic N) is 5. The number of anilines is 1. The van der Waals surface area contributed by atoms with Crippen molar-refractivity contribution in [3.05, 3.63) is 41.5 Å². The number of alkyl halides is 1. The molecule has 4 N–H and O–H groups in total. The first-order chi connectivity index (χ1) is 16.2. The van der Waals surface area contributed by atoms with Gasteiger partial charge in [-0.1, -0.05) is 6.42 Å². The number of hydrazine groups is 1. The number of ether oxygens (including phenoxy) is 2. The number of aromatic nitrogens is 3. The lowest BCUT2D eigenvalue weighted by atomic mass is 9.98. The molecule has 0 amide bonds. The van der Waals surface area contributed by atoms with Gasteiger partial charge in [0.1, 0.15) is 18.5 Å². The first-order valence-corrected chi connectivity index (χ1v) is 11.7. The molecule has 1 unspecified atom stereocenters. The van der Waals surface area contributed by atoms with E-state index < -0.39 is 6.17 Å². The minimum absolute atomic E-state index is 0.0741. The Kier molecular flexibility index (Phi) is 8.86. The van der Waals surface area contributed by atoms with Gasteiger partial charge in [-0.3, -0.25) is 0 Å². The van der Waals surface area contributed by atoms with Crippen LogP contribution in [-0.2, 0) is 0 Å². The molecule has 0 saturated heterocycles. The summed E-state index contributed by atoms with van der Waals surface area (Å²) >= 11 is 0. The third-order valence-electron chi connectivity index (χ3n) is 5.70. The Hall–Kier alpha value is -3.14. The van der Waals surface area contributed by atoms with Gasteiger partial charge in [-0.15, -0.1) is 0 Å². The summed E-state index contributed by atoms with van der Waals surface area (Å²) < 4.78 is 24.6. The van der Waals surface area contributed by atoms with Crippen LogP contribution in [0.5, 0.6) is 11.6 Å². The molecule has 0 radical (unpaired) electrons. The van der Waals surface area contributed by atoms with E-state index in [1.165, 1.54) is 31.2 Å². The molecule has 2 aromatic heterocycles. The number of halogens is 1. The van der Waals surface area contributed by atoms with E-state index in [2.05, 4.69) is 15.0 Å². The summed E-state index contributed by atoms with van der Waals surface area (Å²) in [4.78, 5) is 15.1. The van der Waals surface area contributed by atoms with E-state index in [1.54, 1.807) is 24.2 Å². The Balaban J connectivity index is 1.76. The van der Waals surface area contributed by atoms with Gasteiger partial charge in [0, 0.05) is 26.4 Å². The van der Waals surface area contributed by atoms with Crippen molar-refractivity contribution in [2.24, 2.45) is 11.6 Å². The zero-order chi connectivity index (χ0) is 24.7. The molecule has 186 valence electrons. The first-order valence-electron chi connectivity index (χ1n) is 11.7. The number of nitrogens with two attached hydrogens (primary N) is 2. The summed E-state index contributed by atoms with van der Waals surface area (Å²) in [6.45, 7) is 3.60. The predicted octanol–water partition coefficient (Wildman–Crippen LogP) is 3.20. The second-order valence-corrected chi connectivity index (χ2v) is 8.77. The third-order valence-corrected chi connectivity index (χ3v) is 5.70. The zero-order valence-corrected chi connectivity index (χ0v) is 20.5. The fourth-order valence-electron chi connectivity index (χ4n) is 3.81. The molecule has 0 spiro atoms. The van der Waals surface area contributed by atoms with Crippen LogP contribution in [0.4, 0.5) is 10.3 Å². The molecule has 1 saturated carbocycles. The minimum Gasteiger partial charge on any atom is -0.489 e. The van der Waals surface area contributed by atoms with Crippen molar-refractivity contribution < 1.29 is 13.9 Å². The van der Waals surface area contributed by atoms with Crippen LogP contribution < -0.4 is 25.9 Å². The van der Waals surface area contributed by atoms with Gasteiger partial charge in [0.2, 0.25) is 11.8 Å². The third kappa shape index (κ3) is 6.93. The van der Waals surface area contributed by atoms with Crippen LogP contribution in [0, 0.1) is 6.92 Å². The molecule has 34 heavy (non-hydrogen) atoms. The Morgan fingerprint density at radius 2 is 1.91 bits per heavy atom. The maximum atomic E-state index is 13.1. The van der Waals surface area contributed by atoms with Crippen LogP contribution in [-0.4, -0.2) is 59.5 Å². The molecule has 1 fully saturated rings. The van der Waals surface area contributed by atoms with Crippen molar-refractivity contribution >= 4 is 11.6 Å². The summed E-state index contributed by atoms with van der Waals surface area (Å²) in [5.41, 5.74) is 8.99. The van der Waals surface area contributed by atoms with E-state index in [9.17, 15) is 4.39 Å². The Labute approximate surface area is 200 Å². The lowest BCUT2D eigenvalue weighted by Crippen LogP contribution is -2.35. The molecule has 1 aliphatic carbocycles. The van der Waals surface area contributed by atoms with E-state index in [1.807, 2.05) is 26.1 Å². The SMILES string of the molecule is Cc1nc(/C(N)=C(\CN(C)c2nccc(OCC(C)F)n2)N(C)N)ccc1OC1CCCCC1. The number of aryl methyl sites for hydroxylation is 1. The highest BCUT2D eigenvalue weighted by molar-refractivity contribution is 5.64. The summed E-state index contributed by atoms with van der Waals surface area (Å²) in [5.74, 6) is 7.60. The number of pyridine rings is 1. The summed E-state index contributed by atoms with van der Waals surface area (Å²) in [6, 6.07) is 5.36. The predicted molar refractivity (Wildman–Crippen MR) is 131 cm³/mol. The van der Waals surface area contributed by atoms with Crippen LogP contribution in [0.15, 0.2) is 30.1 Å². The maximum Gasteiger partial charge on any atom is 0.228 e. The van der Waals surface area contributed by atoms with Crippen LogP contribution in [0.3, 0.4) is 0 Å². The van der Waals surface area contributed by atoms with Gasteiger partial charge in [-0.2, -0.15) is 4.98 Å². The topological polar surface area (TPSA) is 116 Å². The van der Waals surface area contributed by atoms with Crippen molar-refractivity contribution in [3.8, 4) is 11.6 Å². The minimum atomic E-state index is -1.09. The largest absolute Gasteiger partial charge is 0.489 e. The second kappa shape index (κ2) is 11.8. The smallest absolute Gasteiger partial charge is 0.228 e. The average molecular weight is 474 g/mol. The fourth-order valence-corrected chi connectivity index (χ4v) is 3.81. The van der Waals surface area contributed by atoms with Gasteiger partial charge >= 0.3 is 0 Å². The van der Waals surface area contributed by atoms with E-state index in [4.69, 9.17) is 21.1 Å². The van der Waals surface area contributed by atoms with Crippen molar-refractivity contribution in [2.45, 2.75) is 58.2 Å². The van der Waals surface area contributed by atoms with Gasteiger partial charge in [0.15, 0.2) is 0 Å². The van der Waals surface area contributed by atoms with Crippen molar-refractivity contribution in [3.63, 3.8) is 0 Å². The van der Waals surface area contributed by atoms with Crippen molar-refractivity contribution in [1.82, 2.24) is 20.0 Å². The highest BCUT2D eigenvalue weighted by atomic mass is 19.1. The Morgan fingerprint density at radius 1 is 1.18 bits per heavy atom. The quantitative estimate of drug-likeness (QED) is 0.396. The highest BCUT2D eigenvalue weighted by Gasteiger charge is 2.19. The van der Waals surface area contributed by atoms with Gasteiger partial charge in [0.25, 0.3) is 0 Å². The average Bonchev–Trinajstić information content (AvgIpc) is 2.82. The molecule has 0 aliphatic heterocycles. The molecule has 1 atom stereocenters. The van der Waals surface area contributed by atoms with Gasteiger partial charge in [-0.25, -0.2) is 20.2 Å². The molecule has 9 nitrogen and oxygen atoms in total. The monoisotopic (exact) mass is 473 g/mol. The summed E-state index contributed by atoms with van der Waals surface area (Å²) in [7, 11) is 3.53. The number of hydrogen-bond donors (Lipinski definition) is 2. The lowest BCUT2D eigenvalue weighted by molar-refractivity contribution is 0.153. The maximum absolute atomic E-state index is 13.1. The van der Waals surface area contributed by atoms with Crippen LogP contribution in [0.2, 0.25) is 0 Å². The lowest BCUT2D eigenvalue weighted by Gasteiger charge is -2.26. The first kappa shape index (κ1) is 25.5. The van der Waals surface area contributed by atoms with Crippen molar-refractivity contribution in [2.75, 3.05) is 32.1 Å². The molecule has 0 aromatic carbocycles. The molecule has 0 bridgehead atoms. The molecule has 3 rings (SSSR count). The fraction of sp³-hybridized carbons (Fsp3) is 0.542. The highest BCUT2D eigenvalue weighted by Crippen LogP contribution is 2.26. The van der Waals surface area contributed by atoms with E-state index in [0.717, 1.165) is 24.3 Å². The van der Waals surface area contributed by atoms with E-state index >= 15 is 0 Å². The van der Waals surface area contributed by atoms with Gasteiger partial charge in [0.05, 0.1) is 35.4 Å². The van der Waals surface area contributed by atoms with E-state index in [0.29, 0.717) is 35.5 Å². The second-order valence-electron chi connectivity index (χ2n) is 8.77.